The number of carboxylic acids is 1. The molecule has 1 aliphatic rings. The summed E-state index contributed by atoms with van der Waals surface area (Å²) in [5.41, 5.74) is 0.439. The molecule has 6 heteroatoms. The molecule has 0 saturated carbocycles. The lowest BCUT2D eigenvalue weighted by Gasteiger charge is -2.35. The van der Waals surface area contributed by atoms with E-state index in [9.17, 15) is 9.59 Å². The van der Waals surface area contributed by atoms with Crippen molar-refractivity contribution in [2.24, 2.45) is 0 Å². The molecule has 1 unspecified atom stereocenters. The van der Waals surface area contributed by atoms with Crippen LogP contribution in [0.2, 0.25) is 0 Å². The average molecular weight is 307 g/mol. The van der Waals surface area contributed by atoms with E-state index in [1.165, 1.54) is 4.90 Å². The highest BCUT2D eigenvalue weighted by Crippen LogP contribution is 2.23. The van der Waals surface area contributed by atoms with Gasteiger partial charge >= 0.3 is 5.97 Å². The number of morpholine rings is 1. The van der Waals surface area contributed by atoms with E-state index in [2.05, 4.69) is 0 Å². The van der Waals surface area contributed by atoms with Crippen LogP contribution in [0.4, 0.5) is 0 Å². The van der Waals surface area contributed by atoms with Gasteiger partial charge in [0.05, 0.1) is 24.3 Å². The van der Waals surface area contributed by atoms with Gasteiger partial charge < -0.3 is 19.5 Å². The Morgan fingerprint density at radius 3 is 2.64 bits per heavy atom. The Morgan fingerprint density at radius 1 is 1.32 bits per heavy atom. The predicted octanol–water partition coefficient (Wildman–Crippen LogP) is 1.79. The fraction of sp³-hybridized carbons (Fsp3) is 0.500. The van der Waals surface area contributed by atoms with Crippen LogP contribution in [0.5, 0.6) is 5.75 Å². The summed E-state index contributed by atoms with van der Waals surface area (Å²) in [5.74, 6) is -0.790. The molecule has 1 aromatic carbocycles. The number of aliphatic carboxylic acids is 1. The molecule has 2 rings (SSSR count). The quantitative estimate of drug-likeness (QED) is 0.917. The average Bonchev–Trinajstić information content (AvgIpc) is 2.45. The molecule has 0 spiro atoms. The molecule has 1 amide bonds. The molecule has 0 radical (unpaired) electrons. The third-order valence-corrected chi connectivity index (χ3v) is 3.30. The van der Waals surface area contributed by atoms with Crippen molar-refractivity contribution in [3.05, 3.63) is 29.8 Å². The molecule has 0 aromatic heterocycles. The normalized spacial score (nSPS) is 21.7. The summed E-state index contributed by atoms with van der Waals surface area (Å²) in [4.78, 5) is 25.4. The number of benzene rings is 1. The van der Waals surface area contributed by atoms with Gasteiger partial charge in [-0.25, -0.2) is 4.79 Å². The summed E-state index contributed by atoms with van der Waals surface area (Å²) < 4.78 is 11.0. The second kappa shape index (κ2) is 6.79. The zero-order valence-corrected chi connectivity index (χ0v) is 13.0. The third kappa shape index (κ3) is 3.76. The monoisotopic (exact) mass is 307 g/mol. The summed E-state index contributed by atoms with van der Waals surface area (Å²) in [6, 6.07) is 7.00. The first-order chi connectivity index (χ1) is 10.4. The summed E-state index contributed by atoms with van der Waals surface area (Å²) in [6.45, 7) is 5.93. The molecule has 120 valence electrons. The third-order valence-electron chi connectivity index (χ3n) is 3.30. The zero-order chi connectivity index (χ0) is 16.3. The van der Waals surface area contributed by atoms with Gasteiger partial charge in [0, 0.05) is 6.54 Å². The number of nitrogens with zero attached hydrogens (tertiary/aromatic N) is 1. The molecule has 0 aliphatic carbocycles. The van der Waals surface area contributed by atoms with Gasteiger partial charge in [-0.05, 0) is 32.9 Å². The largest absolute Gasteiger partial charge is 0.490 e. The molecule has 1 saturated heterocycles. The topological polar surface area (TPSA) is 76.1 Å². The maximum atomic E-state index is 12.7. The number of hydrogen-bond acceptors (Lipinski definition) is 4. The van der Waals surface area contributed by atoms with Crippen LogP contribution in [0.3, 0.4) is 0 Å². The van der Waals surface area contributed by atoms with E-state index in [0.29, 0.717) is 17.9 Å². The molecular weight excluding hydrogens is 286 g/mol. The van der Waals surface area contributed by atoms with Gasteiger partial charge in [0.25, 0.3) is 5.91 Å². The Labute approximate surface area is 129 Å². The minimum Gasteiger partial charge on any atom is -0.490 e. The lowest BCUT2D eigenvalue weighted by atomic mass is 10.1. The highest BCUT2D eigenvalue weighted by molar-refractivity contribution is 5.97. The van der Waals surface area contributed by atoms with Crippen molar-refractivity contribution >= 4 is 11.9 Å². The van der Waals surface area contributed by atoms with Crippen molar-refractivity contribution in [2.75, 3.05) is 13.1 Å². The van der Waals surface area contributed by atoms with Gasteiger partial charge in [-0.2, -0.15) is 0 Å². The molecule has 1 fully saturated rings. The van der Waals surface area contributed by atoms with E-state index in [0.717, 1.165) is 0 Å². The lowest BCUT2D eigenvalue weighted by Crippen LogP contribution is -2.51. The number of amides is 1. The molecule has 0 bridgehead atoms. The van der Waals surface area contributed by atoms with Crippen LogP contribution >= 0.6 is 0 Å². The molecular formula is C16H21NO5. The van der Waals surface area contributed by atoms with E-state index in [4.69, 9.17) is 14.6 Å². The summed E-state index contributed by atoms with van der Waals surface area (Å²) in [5, 5.41) is 9.11. The van der Waals surface area contributed by atoms with E-state index in [1.807, 2.05) is 13.8 Å². The first-order valence-corrected chi connectivity index (χ1v) is 7.31. The molecule has 2 atom stereocenters. The number of hydrogen-bond donors (Lipinski definition) is 1. The van der Waals surface area contributed by atoms with Crippen LogP contribution in [0.1, 0.15) is 31.1 Å². The molecule has 22 heavy (non-hydrogen) atoms. The first kappa shape index (κ1) is 16.3. The molecule has 1 N–H and O–H groups in total. The number of ether oxygens (including phenoxy) is 2. The van der Waals surface area contributed by atoms with Gasteiger partial charge in [-0.15, -0.1) is 0 Å². The Balaban J connectivity index is 2.22. The maximum absolute atomic E-state index is 12.7. The smallest absolute Gasteiger partial charge is 0.334 e. The van der Waals surface area contributed by atoms with Gasteiger partial charge in [-0.1, -0.05) is 12.1 Å². The Kier molecular flexibility index (Phi) is 5.03. The van der Waals surface area contributed by atoms with Crippen molar-refractivity contribution in [3.8, 4) is 5.75 Å². The van der Waals surface area contributed by atoms with Crippen LogP contribution in [0.25, 0.3) is 0 Å². The lowest BCUT2D eigenvalue weighted by molar-refractivity contribution is -0.160. The van der Waals surface area contributed by atoms with Gasteiger partial charge in [0.2, 0.25) is 0 Å². The van der Waals surface area contributed by atoms with E-state index in [1.54, 1.807) is 31.2 Å². The summed E-state index contributed by atoms with van der Waals surface area (Å²) in [6.07, 6.45) is -1.37. The van der Waals surface area contributed by atoms with Crippen LogP contribution in [-0.2, 0) is 9.53 Å². The fourth-order valence-corrected chi connectivity index (χ4v) is 2.42. The van der Waals surface area contributed by atoms with Gasteiger partial charge in [0.15, 0.2) is 6.10 Å². The van der Waals surface area contributed by atoms with Gasteiger partial charge in [0.1, 0.15) is 5.75 Å². The highest BCUT2D eigenvalue weighted by atomic mass is 16.5. The standard InChI is InChI=1S/C16H21NO5/c1-10(2)21-13-7-5-4-6-12(13)15(18)17-8-11(3)22-14(9-17)16(19)20/h4-7,10-11,14H,8-9H2,1-3H3,(H,19,20)/t11-,14?/m1/s1. The van der Waals surface area contributed by atoms with Crippen molar-refractivity contribution in [2.45, 2.75) is 39.1 Å². The maximum Gasteiger partial charge on any atom is 0.334 e. The number of para-hydroxylation sites is 1. The highest BCUT2D eigenvalue weighted by Gasteiger charge is 2.33. The van der Waals surface area contributed by atoms with Crippen molar-refractivity contribution in [3.63, 3.8) is 0 Å². The number of carbonyl (C=O) groups is 2. The SMILES string of the molecule is CC(C)Oc1ccccc1C(=O)N1CC(C(=O)O)O[C@H](C)C1. The minimum absolute atomic E-state index is 0.0362. The van der Waals surface area contributed by atoms with Crippen LogP contribution in [-0.4, -0.2) is 53.3 Å². The Hall–Kier alpha value is -2.08. The number of rotatable bonds is 4. The van der Waals surface area contributed by atoms with Crippen LogP contribution in [0, 0.1) is 0 Å². The second-order valence-electron chi connectivity index (χ2n) is 5.65. The zero-order valence-electron chi connectivity index (χ0n) is 13.0. The second-order valence-corrected chi connectivity index (χ2v) is 5.65. The Bertz CT molecular complexity index is 557. The molecule has 1 heterocycles. The van der Waals surface area contributed by atoms with E-state index in [-0.39, 0.29) is 24.7 Å². The summed E-state index contributed by atoms with van der Waals surface area (Å²) in [7, 11) is 0. The van der Waals surface area contributed by atoms with Crippen molar-refractivity contribution < 1.29 is 24.2 Å². The fourth-order valence-electron chi connectivity index (χ4n) is 2.42. The molecule has 1 aliphatic heterocycles. The van der Waals surface area contributed by atoms with Crippen molar-refractivity contribution in [1.82, 2.24) is 4.90 Å². The van der Waals surface area contributed by atoms with Crippen LogP contribution < -0.4 is 4.74 Å². The first-order valence-electron chi connectivity index (χ1n) is 7.31. The van der Waals surface area contributed by atoms with E-state index < -0.39 is 12.1 Å². The van der Waals surface area contributed by atoms with Gasteiger partial charge in [-0.3, -0.25) is 4.79 Å². The minimum atomic E-state index is -1.06. The Morgan fingerprint density at radius 2 is 2.00 bits per heavy atom. The predicted molar refractivity (Wildman–Crippen MR) is 80.1 cm³/mol. The molecule has 6 nitrogen and oxygen atoms in total. The van der Waals surface area contributed by atoms with E-state index >= 15 is 0 Å². The summed E-state index contributed by atoms with van der Waals surface area (Å²) >= 11 is 0. The number of carboxylic acid groups (broad SMARTS) is 1. The van der Waals surface area contributed by atoms with Crippen LogP contribution in [0.15, 0.2) is 24.3 Å². The number of carbonyl (C=O) groups excluding carboxylic acids is 1. The molecule has 1 aromatic rings. The van der Waals surface area contributed by atoms with Crippen molar-refractivity contribution in [1.29, 1.82) is 0 Å².